The van der Waals surface area contributed by atoms with Crippen molar-refractivity contribution >= 4 is 5.97 Å². The number of carbonyl (C=O) groups excluding carboxylic acids is 1. The molecule has 1 aromatic carbocycles. The number of hydrogen-bond donors (Lipinski definition) is 0. The highest BCUT2D eigenvalue weighted by Crippen LogP contribution is 2.41. The summed E-state index contributed by atoms with van der Waals surface area (Å²) < 4.78 is 10.6. The van der Waals surface area contributed by atoms with Crippen molar-refractivity contribution in [3.8, 4) is 0 Å². The minimum absolute atomic E-state index is 0.225. The number of rotatable bonds is 5. The van der Waals surface area contributed by atoms with Crippen LogP contribution in [0.15, 0.2) is 42.5 Å². The Kier molecular flexibility index (Phi) is 3.59. The van der Waals surface area contributed by atoms with Crippen molar-refractivity contribution in [1.82, 2.24) is 0 Å². The maximum atomic E-state index is 11.1. The van der Waals surface area contributed by atoms with Gasteiger partial charge in [-0.1, -0.05) is 36.4 Å². The average molecular weight is 232 g/mol. The van der Waals surface area contributed by atoms with Crippen LogP contribution in [0.1, 0.15) is 18.9 Å². The van der Waals surface area contributed by atoms with Gasteiger partial charge in [0.15, 0.2) is 0 Å². The first-order valence-electron chi connectivity index (χ1n) is 5.76. The minimum Gasteiger partial charge on any atom is -0.462 e. The number of allylic oxidation sites excluding steroid dienone is 1. The van der Waals surface area contributed by atoms with E-state index < -0.39 is 0 Å². The third kappa shape index (κ3) is 2.94. The monoisotopic (exact) mass is 232 g/mol. The van der Waals surface area contributed by atoms with E-state index in [0.29, 0.717) is 19.6 Å². The van der Waals surface area contributed by atoms with Gasteiger partial charge in [0.25, 0.3) is 0 Å². The van der Waals surface area contributed by atoms with E-state index in [-0.39, 0.29) is 11.6 Å². The van der Waals surface area contributed by atoms with Crippen LogP contribution in [0.3, 0.4) is 0 Å². The first-order chi connectivity index (χ1) is 8.27. The lowest BCUT2D eigenvalue weighted by atomic mass is 9.97. The summed E-state index contributed by atoms with van der Waals surface area (Å²) >= 11 is 0. The van der Waals surface area contributed by atoms with Gasteiger partial charge in [-0.05, 0) is 12.5 Å². The number of carbonyl (C=O) groups is 1. The van der Waals surface area contributed by atoms with Crippen molar-refractivity contribution in [3.63, 3.8) is 0 Å². The van der Waals surface area contributed by atoms with E-state index in [2.05, 4.69) is 0 Å². The third-order valence-corrected chi connectivity index (χ3v) is 2.85. The Morgan fingerprint density at radius 3 is 2.76 bits per heavy atom. The van der Waals surface area contributed by atoms with Crippen LogP contribution < -0.4 is 0 Å². The molecule has 90 valence electrons. The van der Waals surface area contributed by atoms with Crippen molar-refractivity contribution in [1.29, 1.82) is 0 Å². The number of benzene rings is 1. The van der Waals surface area contributed by atoms with Crippen molar-refractivity contribution in [2.45, 2.75) is 18.9 Å². The fourth-order valence-electron chi connectivity index (χ4n) is 1.79. The Bertz CT molecular complexity index is 405. The van der Waals surface area contributed by atoms with Gasteiger partial charge in [0.1, 0.15) is 5.60 Å². The molecule has 1 aliphatic heterocycles. The van der Waals surface area contributed by atoms with Gasteiger partial charge in [-0.3, -0.25) is 0 Å². The van der Waals surface area contributed by atoms with Crippen LogP contribution in [0.25, 0.3) is 0 Å². The largest absolute Gasteiger partial charge is 0.462 e. The van der Waals surface area contributed by atoms with Gasteiger partial charge in [0, 0.05) is 12.5 Å². The van der Waals surface area contributed by atoms with Crippen molar-refractivity contribution in [2.75, 3.05) is 13.2 Å². The van der Waals surface area contributed by atoms with E-state index in [0.717, 1.165) is 5.56 Å². The summed E-state index contributed by atoms with van der Waals surface area (Å²) in [5, 5.41) is 0. The maximum Gasteiger partial charge on any atom is 0.330 e. The molecular weight excluding hydrogens is 216 g/mol. The van der Waals surface area contributed by atoms with Gasteiger partial charge in [0.2, 0.25) is 0 Å². The van der Waals surface area contributed by atoms with Crippen LogP contribution in [-0.2, 0) is 19.9 Å². The van der Waals surface area contributed by atoms with E-state index in [9.17, 15) is 4.79 Å². The van der Waals surface area contributed by atoms with Crippen molar-refractivity contribution < 1.29 is 14.3 Å². The Hall–Kier alpha value is -1.61. The third-order valence-electron chi connectivity index (χ3n) is 2.85. The molecule has 0 aromatic heterocycles. The van der Waals surface area contributed by atoms with Crippen LogP contribution in [0.5, 0.6) is 0 Å². The highest BCUT2D eigenvalue weighted by Gasteiger charge is 2.46. The van der Waals surface area contributed by atoms with Crippen LogP contribution >= 0.6 is 0 Å². The average Bonchev–Trinajstić information content (AvgIpc) is 3.12. The SMILES string of the molecule is CC=CC(=O)OCCC1(c2ccccc2)CO1. The molecule has 0 aliphatic carbocycles. The Morgan fingerprint density at radius 2 is 2.18 bits per heavy atom. The Labute approximate surface area is 101 Å². The van der Waals surface area contributed by atoms with Crippen molar-refractivity contribution in [2.24, 2.45) is 0 Å². The predicted octanol–water partition coefficient (Wildman–Crippen LogP) is 2.42. The van der Waals surface area contributed by atoms with Gasteiger partial charge in [-0.2, -0.15) is 0 Å². The Morgan fingerprint density at radius 1 is 1.47 bits per heavy atom. The minimum atomic E-state index is -0.295. The van der Waals surface area contributed by atoms with E-state index in [1.165, 1.54) is 6.08 Å². The molecule has 1 aliphatic rings. The summed E-state index contributed by atoms with van der Waals surface area (Å²) in [5.41, 5.74) is 0.930. The molecule has 0 saturated carbocycles. The van der Waals surface area contributed by atoms with Gasteiger partial charge < -0.3 is 9.47 Å². The molecule has 0 amide bonds. The van der Waals surface area contributed by atoms with Gasteiger partial charge in [-0.25, -0.2) is 4.79 Å². The van der Waals surface area contributed by atoms with Crippen LogP contribution in [0.2, 0.25) is 0 Å². The molecular formula is C14H16O3. The van der Waals surface area contributed by atoms with Crippen LogP contribution in [0, 0.1) is 0 Å². The van der Waals surface area contributed by atoms with E-state index in [1.807, 2.05) is 30.3 Å². The lowest BCUT2D eigenvalue weighted by Crippen LogP contribution is -2.14. The maximum absolute atomic E-state index is 11.1. The molecule has 1 aromatic rings. The molecule has 17 heavy (non-hydrogen) atoms. The first kappa shape index (κ1) is 11.9. The van der Waals surface area contributed by atoms with Gasteiger partial charge in [0.05, 0.1) is 13.2 Å². The van der Waals surface area contributed by atoms with E-state index in [1.54, 1.807) is 13.0 Å². The molecule has 3 heteroatoms. The standard InChI is InChI=1S/C14H16O3/c1-2-6-13(15)16-10-9-14(11-17-14)12-7-4-3-5-8-12/h2-8H,9-11H2,1H3. The van der Waals surface area contributed by atoms with Gasteiger partial charge >= 0.3 is 5.97 Å². The highest BCUT2D eigenvalue weighted by molar-refractivity contribution is 5.81. The molecule has 1 saturated heterocycles. The molecule has 0 bridgehead atoms. The molecule has 1 atom stereocenters. The summed E-state index contributed by atoms with van der Waals surface area (Å²) in [6.07, 6.45) is 3.80. The molecule has 0 radical (unpaired) electrons. The zero-order chi connectivity index (χ0) is 12.1. The summed E-state index contributed by atoms with van der Waals surface area (Å²) in [6.45, 7) is 2.88. The molecule has 1 unspecified atom stereocenters. The number of esters is 1. The number of hydrogen-bond acceptors (Lipinski definition) is 3. The molecule has 0 spiro atoms. The van der Waals surface area contributed by atoms with Gasteiger partial charge in [-0.15, -0.1) is 0 Å². The quantitative estimate of drug-likeness (QED) is 0.444. The highest BCUT2D eigenvalue weighted by atomic mass is 16.6. The second kappa shape index (κ2) is 5.15. The van der Waals surface area contributed by atoms with E-state index in [4.69, 9.17) is 9.47 Å². The predicted molar refractivity (Wildman–Crippen MR) is 64.5 cm³/mol. The smallest absolute Gasteiger partial charge is 0.330 e. The molecule has 3 nitrogen and oxygen atoms in total. The van der Waals surface area contributed by atoms with Crippen molar-refractivity contribution in [3.05, 3.63) is 48.0 Å². The fourth-order valence-corrected chi connectivity index (χ4v) is 1.79. The topological polar surface area (TPSA) is 38.8 Å². The number of epoxide rings is 1. The molecule has 1 heterocycles. The lowest BCUT2D eigenvalue weighted by molar-refractivity contribution is -0.138. The summed E-state index contributed by atoms with van der Waals surface area (Å²) in [6, 6.07) is 10.0. The molecule has 0 N–H and O–H groups in total. The second-order valence-electron chi connectivity index (χ2n) is 4.07. The Balaban J connectivity index is 1.85. The zero-order valence-electron chi connectivity index (χ0n) is 9.89. The second-order valence-corrected chi connectivity index (χ2v) is 4.07. The summed E-state index contributed by atoms with van der Waals surface area (Å²) in [5.74, 6) is -0.295. The van der Waals surface area contributed by atoms with Crippen LogP contribution in [-0.4, -0.2) is 19.2 Å². The normalized spacial score (nSPS) is 22.6. The fraction of sp³-hybridized carbons (Fsp3) is 0.357. The number of ether oxygens (including phenoxy) is 2. The molecule has 2 rings (SSSR count). The summed E-state index contributed by atoms with van der Waals surface area (Å²) in [4.78, 5) is 11.1. The first-order valence-corrected chi connectivity index (χ1v) is 5.76. The summed E-state index contributed by atoms with van der Waals surface area (Å²) in [7, 11) is 0. The molecule has 1 fully saturated rings. The van der Waals surface area contributed by atoms with Crippen LogP contribution in [0.4, 0.5) is 0 Å². The zero-order valence-corrected chi connectivity index (χ0v) is 9.89. The van der Waals surface area contributed by atoms with E-state index >= 15 is 0 Å². The lowest BCUT2D eigenvalue weighted by Gasteiger charge is -2.11.